The average molecular weight is 511 g/mol. The van der Waals surface area contributed by atoms with Gasteiger partial charge in [-0.3, -0.25) is 9.59 Å². The second-order valence-corrected chi connectivity index (χ2v) is 8.92. The molecule has 3 rings (SSSR count). The van der Waals surface area contributed by atoms with Crippen LogP contribution < -0.4 is 10.6 Å². The molecule has 148 valence electrons. The minimum absolute atomic E-state index is 0.00491. The molecule has 0 fully saturated rings. The van der Waals surface area contributed by atoms with Crippen LogP contribution >= 0.6 is 50.9 Å². The molecular formula is C20H14BrCl2N3O2S. The number of halogens is 3. The highest BCUT2D eigenvalue weighted by Gasteiger charge is 2.30. The zero-order valence-corrected chi connectivity index (χ0v) is 18.8. The molecule has 1 aliphatic heterocycles. The SMILES string of the molecule is N#CC1=C(SCC(=O)Nc2ccc(Cl)cc2Cl)NC(=O)C[C@@H]1c1cccc(Br)c1. The Hall–Kier alpha value is -1.98. The number of carbonyl (C=O) groups excluding carboxylic acids is 2. The normalized spacial score (nSPS) is 16.2. The molecule has 0 aliphatic carbocycles. The zero-order valence-electron chi connectivity index (χ0n) is 14.8. The highest BCUT2D eigenvalue weighted by atomic mass is 79.9. The summed E-state index contributed by atoms with van der Waals surface area (Å²) >= 11 is 16.4. The second-order valence-electron chi connectivity index (χ2n) is 6.18. The summed E-state index contributed by atoms with van der Waals surface area (Å²) < 4.78 is 0.867. The number of anilines is 1. The molecule has 1 heterocycles. The molecule has 2 N–H and O–H groups in total. The molecule has 2 aromatic rings. The van der Waals surface area contributed by atoms with Gasteiger partial charge in [0.05, 0.1) is 33.1 Å². The van der Waals surface area contributed by atoms with Crippen molar-refractivity contribution in [3.05, 3.63) is 73.1 Å². The summed E-state index contributed by atoms with van der Waals surface area (Å²) in [6.45, 7) is 0. The summed E-state index contributed by atoms with van der Waals surface area (Å²) in [5.74, 6) is -0.867. The smallest absolute Gasteiger partial charge is 0.234 e. The van der Waals surface area contributed by atoms with Crippen molar-refractivity contribution in [2.45, 2.75) is 12.3 Å². The van der Waals surface area contributed by atoms with Gasteiger partial charge in [0, 0.05) is 21.8 Å². The molecule has 0 bridgehead atoms. The molecule has 0 saturated heterocycles. The third-order valence-electron chi connectivity index (χ3n) is 4.16. The number of amides is 2. The Morgan fingerprint density at radius 1 is 1.31 bits per heavy atom. The summed E-state index contributed by atoms with van der Waals surface area (Å²) in [5, 5.41) is 16.3. The van der Waals surface area contributed by atoms with Crippen molar-refractivity contribution in [2.75, 3.05) is 11.1 Å². The monoisotopic (exact) mass is 509 g/mol. The summed E-state index contributed by atoms with van der Waals surface area (Å²) in [4.78, 5) is 24.5. The Bertz CT molecular complexity index is 1050. The zero-order chi connectivity index (χ0) is 21.0. The van der Waals surface area contributed by atoms with E-state index >= 15 is 0 Å². The van der Waals surface area contributed by atoms with E-state index in [1.807, 2.05) is 24.3 Å². The molecule has 29 heavy (non-hydrogen) atoms. The van der Waals surface area contributed by atoms with Gasteiger partial charge < -0.3 is 10.6 Å². The number of rotatable bonds is 5. The molecule has 1 atom stereocenters. The van der Waals surface area contributed by atoms with Crippen LogP contribution in [0.15, 0.2) is 57.5 Å². The largest absolute Gasteiger partial charge is 0.324 e. The van der Waals surface area contributed by atoms with Crippen LogP contribution in [-0.4, -0.2) is 17.6 Å². The fraction of sp³-hybridized carbons (Fsp3) is 0.150. The van der Waals surface area contributed by atoms with E-state index in [2.05, 4.69) is 32.6 Å². The number of nitriles is 1. The van der Waals surface area contributed by atoms with Crippen LogP contribution in [0.5, 0.6) is 0 Å². The first-order chi connectivity index (χ1) is 13.9. The molecule has 0 radical (unpaired) electrons. The number of hydrogen-bond donors (Lipinski definition) is 2. The molecule has 1 aliphatic rings. The van der Waals surface area contributed by atoms with Crippen LogP contribution in [0.3, 0.4) is 0 Å². The Morgan fingerprint density at radius 3 is 2.79 bits per heavy atom. The maximum atomic E-state index is 12.3. The van der Waals surface area contributed by atoms with Gasteiger partial charge in [0.15, 0.2) is 0 Å². The highest BCUT2D eigenvalue weighted by Crippen LogP contribution is 2.36. The Balaban J connectivity index is 1.76. The van der Waals surface area contributed by atoms with Gasteiger partial charge in [0.25, 0.3) is 0 Å². The molecule has 0 spiro atoms. The summed E-state index contributed by atoms with van der Waals surface area (Å²) in [6.07, 6.45) is 0.177. The third-order valence-corrected chi connectivity index (χ3v) is 6.22. The lowest BCUT2D eigenvalue weighted by Crippen LogP contribution is -2.31. The van der Waals surface area contributed by atoms with Crippen LogP contribution in [0.2, 0.25) is 10.0 Å². The van der Waals surface area contributed by atoms with E-state index in [1.165, 1.54) is 6.07 Å². The average Bonchev–Trinajstić information content (AvgIpc) is 2.68. The van der Waals surface area contributed by atoms with E-state index in [-0.39, 0.29) is 29.9 Å². The molecule has 0 unspecified atom stereocenters. The maximum absolute atomic E-state index is 12.3. The van der Waals surface area contributed by atoms with Gasteiger partial charge in [-0.2, -0.15) is 5.26 Å². The number of benzene rings is 2. The lowest BCUT2D eigenvalue weighted by atomic mass is 9.87. The Labute approximate surface area is 190 Å². The van der Waals surface area contributed by atoms with Gasteiger partial charge in [-0.15, -0.1) is 0 Å². The van der Waals surface area contributed by atoms with Crippen molar-refractivity contribution in [2.24, 2.45) is 0 Å². The standard InChI is InChI=1S/C20H14BrCl2N3O2S/c21-12-3-1-2-11(6-12)14-8-18(27)26-20(15(14)9-24)29-10-19(28)25-17-5-4-13(22)7-16(17)23/h1-7,14H,8,10H2,(H,25,28)(H,26,27)/t14-/m1/s1. The predicted molar refractivity (Wildman–Crippen MR) is 120 cm³/mol. The van der Waals surface area contributed by atoms with Crippen LogP contribution in [0.4, 0.5) is 5.69 Å². The molecule has 0 saturated carbocycles. The molecule has 2 amide bonds. The van der Waals surface area contributed by atoms with Crippen LogP contribution in [0.25, 0.3) is 0 Å². The van der Waals surface area contributed by atoms with Gasteiger partial charge in [-0.25, -0.2) is 0 Å². The van der Waals surface area contributed by atoms with Crippen molar-refractivity contribution < 1.29 is 9.59 Å². The van der Waals surface area contributed by atoms with Crippen molar-refractivity contribution in [1.29, 1.82) is 5.26 Å². The van der Waals surface area contributed by atoms with E-state index < -0.39 is 0 Å². The first kappa shape index (κ1) is 21.7. The number of nitrogens with zero attached hydrogens (tertiary/aromatic N) is 1. The van der Waals surface area contributed by atoms with Gasteiger partial charge in [0.2, 0.25) is 11.8 Å². The lowest BCUT2D eigenvalue weighted by Gasteiger charge is -2.25. The van der Waals surface area contributed by atoms with Crippen LogP contribution in [0.1, 0.15) is 17.9 Å². The van der Waals surface area contributed by atoms with Crippen LogP contribution in [-0.2, 0) is 9.59 Å². The molecule has 9 heteroatoms. The summed E-state index contributed by atoms with van der Waals surface area (Å²) in [5.41, 5.74) is 1.74. The van der Waals surface area contributed by atoms with E-state index in [4.69, 9.17) is 23.2 Å². The molecule has 2 aromatic carbocycles. The Morgan fingerprint density at radius 2 is 2.10 bits per heavy atom. The lowest BCUT2D eigenvalue weighted by molar-refractivity contribution is -0.121. The maximum Gasteiger partial charge on any atom is 0.234 e. The predicted octanol–water partition coefficient (Wildman–Crippen LogP) is 5.47. The van der Waals surface area contributed by atoms with Crippen molar-refractivity contribution in [1.82, 2.24) is 5.32 Å². The minimum Gasteiger partial charge on any atom is -0.324 e. The molecular weight excluding hydrogens is 497 g/mol. The summed E-state index contributed by atoms with van der Waals surface area (Å²) in [7, 11) is 0. The van der Waals surface area contributed by atoms with E-state index in [9.17, 15) is 14.9 Å². The fourth-order valence-electron chi connectivity index (χ4n) is 2.86. The van der Waals surface area contributed by atoms with Crippen molar-refractivity contribution >= 4 is 68.4 Å². The van der Waals surface area contributed by atoms with E-state index in [0.717, 1.165) is 21.8 Å². The number of allylic oxidation sites excluding steroid dienone is 1. The summed E-state index contributed by atoms with van der Waals surface area (Å²) in [6, 6.07) is 14.5. The first-order valence-electron chi connectivity index (χ1n) is 8.44. The van der Waals surface area contributed by atoms with Crippen LogP contribution in [0, 0.1) is 11.3 Å². The second kappa shape index (κ2) is 9.68. The van der Waals surface area contributed by atoms with Crippen molar-refractivity contribution in [3.8, 4) is 6.07 Å². The van der Waals surface area contributed by atoms with E-state index in [0.29, 0.717) is 26.3 Å². The minimum atomic E-state index is -0.359. The van der Waals surface area contributed by atoms with Gasteiger partial charge in [-0.05, 0) is 35.9 Å². The quantitative estimate of drug-likeness (QED) is 0.559. The molecule has 0 aromatic heterocycles. The third kappa shape index (κ3) is 5.55. The molecule has 5 nitrogen and oxygen atoms in total. The van der Waals surface area contributed by atoms with Crippen molar-refractivity contribution in [3.63, 3.8) is 0 Å². The number of nitrogens with one attached hydrogen (secondary N) is 2. The number of carbonyl (C=O) groups is 2. The van der Waals surface area contributed by atoms with Gasteiger partial charge >= 0.3 is 0 Å². The van der Waals surface area contributed by atoms with E-state index in [1.54, 1.807) is 12.1 Å². The highest BCUT2D eigenvalue weighted by molar-refractivity contribution is 9.10. The van der Waals surface area contributed by atoms with Gasteiger partial charge in [0.1, 0.15) is 0 Å². The van der Waals surface area contributed by atoms with Gasteiger partial charge in [-0.1, -0.05) is 63.0 Å². The fourth-order valence-corrected chi connectivity index (χ4v) is 4.61. The topological polar surface area (TPSA) is 82.0 Å². The Kier molecular flexibility index (Phi) is 7.25. The number of hydrogen-bond acceptors (Lipinski definition) is 4. The first-order valence-corrected chi connectivity index (χ1v) is 11.0. The number of thioether (sulfide) groups is 1.